The van der Waals surface area contributed by atoms with E-state index in [1.165, 1.54) is 143 Å². The van der Waals surface area contributed by atoms with Crippen LogP contribution in [-0.2, 0) is 0 Å². The number of hydrogen-bond donors (Lipinski definition) is 0. The lowest BCUT2D eigenvalue weighted by Gasteiger charge is -2.20. The molecule has 0 saturated carbocycles. The van der Waals surface area contributed by atoms with Gasteiger partial charge in [-0.15, -0.1) is 0 Å². The normalized spacial score (nSPS) is 11.5. The van der Waals surface area contributed by atoms with Gasteiger partial charge in [-0.05, 0) is 167 Å². The molecule has 0 aliphatic rings. The van der Waals surface area contributed by atoms with Crippen LogP contribution in [0.3, 0.4) is 0 Å². The molecular formula is C84H54O. The zero-order valence-electron chi connectivity index (χ0n) is 46.6. The van der Waals surface area contributed by atoms with Crippen molar-refractivity contribution in [1.29, 1.82) is 0 Å². The molecule has 0 fully saturated rings. The van der Waals surface area contributed by atoms with Crippen LogP contribution in [0.25, 0.3) is 164 Å². The summed E-state index contributed by atoms with van der Waals surface area (Å²) in [6.45, 7) is 0. The number of rotatable bonds is 7. The fraction of sp³-hybridized carbons (Fsp3) is 0. The Kier molecular flexibility index (Phi) is 12.3. The maximum Gasteiger partial charge on any atom is 0.136 e. The van der Waals surface area contributed by atoms with Crippen LogP contribution in [0.2, 0.25) is 0 Å². The standard InChI is InChI=1S/C42H26O.C42H28/c1-2-13-28-26-29(25-24-27(28)12-1)30-14-3-4-15-31(30)40-32-16-5-7-18-34(32)41(35-19-8-6-17-33(35)40)37-21-11-23-39-42(37)36-20-9-10-22-38(36)43-39;1-4-14-29(15-5-1)33-26-27-34(36-21-11-10-20-35(33)36)32-24-25-39-40(28-32)42(31-18-8-3-9-19-31)38-23-13-12-22-37(38)41(39)30-16-6-2-7-17-30/h1-26H;1-28H. The van der Waals surface area contributed by atoms with E-state index in [1.54, 1.807) is 0 Å². The van der Waals surface area contributed by atoms with Gasteiger partial charge in [-0.2, -0.15) is 0 Å². The average Bonchev–Trinajstić information content (AvgIpc) is 3.30. The highest BCUT2D eigenvalue weighted by Gasteiger charge is 2.23. The van der Waals surface area contributed by atoms with E-state index in [4.69, 9.17) is 4.42 Å². The predicted octanol–water partition coefficient (Wildman–Crippen LogP) is 23.9. The first kappa shape index (κ1) is 49.7. The molecule has 0 spiro atoms. The number of fused-ring (bicyclic) bond motifs is 9. The summed E-state index contributed by atoms with van der Waals surface area (Å²) in [5.74, 6) is 0. The molecule has 0 amide bonds. The number of para-hydroxylation sites is 1. The van der Waals surface area contributed by atoms with E-state index in [9.17, 15) is 0 Å². The molecule has 0 atom stereocenters. The highest BCUT2D eigenvalue weighted by Crippen LogP contribution is 2.50. The van der Waals surface area contributed by atoms with E-state index >= 15 is 0 Å². The third kappa shape index (κ3) is 8.55. The highest BCUT2D eigenvalue weighted by atomic mass is 16.3. The van der Waals surface area contributed by atoms with Crippen molar-refractivity contribution in [2.45, 2.75) is 0 Å². The first-order chi connectivity index (χ1) is 42.2. The molecule has 0 unspecified atom stereocenters. The van der Waals surface area contributed by atoms with Crippen LogP contribution in [0.15, 0.2) is 332 Å². The minimum absolute atomic E-state index is 0.914. The molecule has 17 aromatic rings. The molecule has 0 N–H and O–H groups in total. The lowest BCUT2D eigenvalue weighted by atomic mass is 9.83. The Balaban J connectivity index is 0.000000138. The third-order valence-electron chi connectivity index (χ3n) is 17.3. The van der Waals surface area contributed by atoms with Gasteiger partial charge in [0.2, 0.25) is 0 Å². The zero-order chi connectivity index (χ0) is 56.2. The second-order valence-electron chi connectivity index (χ2n) is 22.1. The van der Waals surface area contributed by atoms with Gasteiger partial charge in [0, 0.05) is 10.8 Å². The summed E-state index contributed by atoms with van der Waals surface area (Å²) in [4.78, 5) is 0. The smallest absolute Gasteiger partial charge is 0.136 e. The van der Waals surface area contributed by atoms with Crippen molar-refractivity contribution in [3.8, 4) is 77.9 Å². The van der Waals surface area contributed by atoms with Gasteiger partial charge < -0.3 is 4.42 Å². The average molecular weight is 1080 g/mol. The maximum atomic E-state index is 6.33. The van der Waals surface area contributed by atoms with Gasteiger partial charge >= 0.3 is 0 Å². The Labute approximate surface area is 493 Å². The molecule has 1 aromatic heterocycles. The van der Waals surface area contributed by atoms with Crippen LogP contribution in [0.4, 0.5) is 0 Å². The fourth-order valence-electron chi connectivity index (χ4n) is 13.6. The number of furan rings is 1. The summed E-state index contributed by atoms with van der Waals surface area (Å²) in [5, 5.41) is 17.4. The molecular weight excluding hydrogens is 1020 g/mol. The quantitative estimate of drug-likeness (QED) is 0.145. The van der Waals surface area contributed by atoms with Crippen LogP contribution in [0, 0.1) is 0 Å². The maximum absolute atomic E-state index is 6.33. The lowest BCUT2D eigenvalue weighted by molar-refractivity contribution is 0.669. The van der Waals surface area contributed by atoms with Crippen LogP contribution >= 0.6 is 0 Å². The van der Waals surface area contributed by atoms with Crippen molar-refractivity contribution in [2.24, 2.45) is 0 Å². The molecule has 396 valence electrons. The second-order valence-corrected chi connectivity index (χ2v) is 22.1. The lowest BCUT2D eigenvalue weighted by Crippen LogP contribution is -1.93. The highest BCUT2D eigenvalue weighted by molar-refractivity contribution is 6.27. The summed E-state index contributed by atoms with van der Waals surface area (Å²) in [6.07, 6.45) is 0. The molecule has 16 aromatic carbocycles. The topological polar surface area (TPSA) is 13.1 Å². The predicted molar refractivity (Wildman–Crippen MR) is 363 cm³/mol. The van der Waals surface area contributed by atoms with Crippen molar-refractivity contribution >= 4 is 86.6 Å². The molecule has 0 radical (unpaired) electrons. The van der Waals surface area contributed by atoms with Gasteiger partial charge in [-0.3, -0.25) is 0 Å². The van der Waals surface area contributed by atoms with E-state index in [1.807, 2.05) is 6.07 Å². The molecule has 0 saturated heterocycles. The van der Waals surface area contributed by atoms with Crippen LogP contribution in [0.1, 0.15) is 0 Å². The summed E-state index contributed by atoms with van der Waals surface area (Å²) >= 11 is 0. The van der Waals surface area contributed by atoms with Gasteiger partial charge in [0.15, 0.2) is 0 Å². The molecule has 0 aliphatic carbocycles. The summed E-state index contributed by atoms with van der Waals surface area (Å²) in [5.41, 5.74) is 19.3. The Morgan fingerprint density at radius 1 is 0.165 bits per heavy atom. The molecule has 17 rings (SSSR count). The van der Waals surface area contributed by atoms with Crippen molar-refractivity contribution < 1.29 is 4.42 Å². The van der Waals surface area contributed by atoms with Gasteiger partial charge in [0.1, 0.15) is 11.2 Å². The van der Waals surface area contributed by atoms with Crippen molar-refractivity contribution in [2.75, 3.05) is 0 Å². The Hall–Kier alpha value is -11.1. The van der Waals surface area contributed by atoms with E-state index in [0.29, 0.717) is 0 Å². The monoisotopic (exact) mass is 1080 g/mol. The van der Waals surface area contributed by atoms with Gasteiger partial charge in [0.25, 0.3) is 0 Å². The van der Waals surface area contributed by atoms with Crippen LogP contribution in [0.5, 0.6) is 0 Å². The SMILES string of the molecule is c1ccc(-c2c3ccccc3c(-c3cccc4oc5ccccc5c34)c3ccccc23)c(-c2ccc3ccccc3c2)c1.c1ccc(-c2ccc(-c3ccc4c(-c5ccccc5)c5ccccc5c(-c5ccccc5)c4c3)c3ccccc23)cc1. The molecule has 1 heteroatoms. The van der Waals surface area contributed by atoms with Crippen molar-refractivity contribution in [1.82, 2.24) is 0 Å². The summed E-state index contributed by atoms with van der Waals surface area (Å²) in [7, 11) is 0. The first-order valence-corrected chi connectivity index (χ1v) is 29.3. The van der Waals surface area contributed by atoms with Gasteiger partial charge in [-0.25, -0.2) is 0 Å². The fourth-order valence-corrected chi connectivity index (χ4v) is 13.6. The van der Waals surface area contributed by atoms with Gasteiger partial charge in [-0.1, -0.05) is 303 Å². The van der Waals surface area contributed by atoms with E-state index < -0.39 is 0 Å². The molecule has 0 aliphatic heterocycles. The minimum atomic E-state index is 0.914. The summed E-state index contributed by atoms with van der Waals surface area (Å²) in [6, 6.07) is 118. The molecule has 85 heavy (non-hydrogen) atoms. The second kappa shape index (κ2) is 21.0. The number of benzene rings is 16. The first-order valence-electron chi connectivity index (χ1n) is 29.3. The van der Waals surface area contributed by atoms with E-state index in [0.717, 1.165) is 21.9 Å². The minimum Gasteiger partial charge on any atom is -0.456 e. The summed E-state index contributed by atoms with van der Waals surface area (Å²) < 4.78 is 6.33. The van der Waals surface area contributed by atoms with E-state index in [2.05, 4.69) is 322 Å². The van der Waals surface area contributed by atoms with Crippen LogP contribution < -0.4 is 0 Å². The molecule has 0 bridgehead atoms. The number of hydrogen-bond acceptors (Lipinski definition) is 1. The Morgan fingerprint density at radius 2 is 0.553 bits per heavy atom. The Morgan fingerprint density at radius 3 is 1.15 bits per heavy atom. The van der Waals surface area contributed by atoms with Gasteiger partial charge in [0.05, 0.1) is 0 Å². The van der Waals surface area contributed by atoms with Crippen LogP contribution in [-0.4, -0.2) is 0 Å². The third-order valence-corrected chi connectivity index (χ3v) is 17.3. The zero-order valence-corrected chi connectivity index (χ0v) is 46.6. The van der Waals surface area contributed by atoms with Crippen molar-refractivity contribution in [3.63, 3.8) is 0 Å². The Bertz CT molecular complexity index is 5350. The van der Waals surface area contributed by atoms with Crippen molar-refractivity contribution in [3.05, 3.63) is 328 Å². The molecule has 1 heterocycles. The largest absolute Gasteiger partial charge is 0.456 e. The molecule has 1 nitrogen and oxygen atoms in total. The van der Waals surface area contributed by atoms with E-state index in [-0.39, 0.29) is 0 Å².